The monoisotopic (exact) mass is 244 g/mol. The predicted molar refractivity (Wildman–Crippen MR) is 66.6 cm³/mol. The van der Waals surface area contributed by atoms with E-state index in [1.54, 1.807) is 34.7 Å². The Labute approximate surface area is 103 Å². The first-order valence-corrected chi connectivity index (χ1v) is 5.94. The van der Waals surface area contributed by atoms with Crippen molar-refractivity contribution in [3.63, 3.8) is 0 Å². The third kappa shape index (κ3) is 4.00. The Morgan fingerprint density at radius 1 is 1.18 bits per heavy atom. The lowest BCUT2D eigenvalue weighted by Crippen LogP contribution is -2.62. The van der Waals surface area contributed by atoms with Crippen LogP contribution < -0.4 is 10.6 Å². The molecule has 0 aromatic rings. The predicted octanol–water partition coefficient (Wildman–Crippen LogP) is 0.832. The minimum absolute atomic E-state index is 0.338. The third-order valence-corrected chi connectivity index (χ3v) is 2.43. The molecule has 1 unspecified atom stereocenters. The summed E-state index contributed by atoms with van der Waals surface area (Å²) in [5, 5.41) is 5.44. The van der Waals surface area contributed by atoms with E-state index in [9.17, 15) is 9.59 Å². The largest absolute Gasteiger partial charge is 0.458 e. The van der Waals surface area contributed by atoms with E-state index >= 15 is 0 Å². The number of likely N-dealkylation sites (N-methyl/N-ethyl adjacent to an activating group) is 2. The summed E-state index contributed by atoms with van der Waals surface area (Å²) in [6.07, 6.45) is 0.338. The normalized spacial score (nSPS) is 14.9. The average Bonchev–Trinajstić information content (AvgIpc) is 2.18. The van der Waals surface area contributed by atoms with E-state index in [2.05, 4.69) is 10.6 Å². The molecule has 0 bridgehead atoms. The fourth-order valence-electron chi connectivity index (χ4n) is 1.47. The van der Waals surface area contributed by atoms with Gasteiger partial charge >= 0.3 is 5.97 Å². The first-order chi connectivity index (χ1) is 7.73. The van der Waals surface area contributed by atoms with Crippen molar-refractivity contribution in [2.45, 2.75) is 52.2 Å². The Morgan fingerprint density at radius 3 is 2.00 bits per heavy atom. The van der Waals surface area contributed by atoms with Crippen LogP contribution in [0, 0.1) is 0 Å². The van der Waals surface area contributed by atoms with Gasteiger partial charge in [-0.15, -0.1) is 0 Å². The molecule has 100 valence electrons. The van der Waals surface area contributed by atoms with Gasteiger partial charge in [0.05, 0.1) is 0 Å². The highest BCUT2D eigenvalue weighted by atomic mass is 16.6. The summed E-state index contributed by atoms with van der Waals surface area (Å²) in [6.45, 7) is 9.39. The van der Waals surface area contributed by atoms with Crippen LogP contribution in [-0.4, -0.2) is 36.6 Å². The highest BCUT2D eigenvalue weighted by molar-refractivity contribution is 6.07. The van der Waals surface area contributed by atoms with Crippen LogP contribution in [0.25, 0.3) is 0 Å². The summed E-state index contributed by atoms with van der Waals surface area (Å²) in [4.78, 5) is 24.1. The number of hydrogen-bond donors (Lipinski definition) is 2. The number of esters is 1. The summed E-state index contributed by atoms with van der Waals surface area (Å²) < 4.78 is 5.29. The molecule has 0 aliphatic heterocycles. The second-order valence-corrected chi connectivity index (χ2v) is 4.87. The fourth-order valence-corrected chi connectivity index (χ4v) is 1.47. The summed E-state index contributed by atoms with van der Waals surface area (Å²) in [7, 11) is 1.59. The van der Waals surface area contributed by atoms with Crippen molar-refractivity contribution in [3.05, 3.63) is 0 Å². The van der Waals surface area contributed by atoms with Gasteiger partial charge in [-0.05, 0) is 41.2 Å². The van der Waals surface area contributed by atoms with Crippen LogP contribution in [-0.2, 0) is 14.3 Å². The molecule has 0 radical (unpaired) electrons. The fraction of sp³-hybridized carbons (Fsp3) is 0.833. The van der Waals surface area contributed by atoms with Gasteiger partial charge in [0.25, 0.3) is 5.91 Å². The molecule has 0 heterocycles. The Bertz CT molecular complexity index is 278. The van der Waals surface area contributed by atoms with E-state index in [1.807, 2.05) is 6.92 Å². The first-order valence-electron chi connectivity index (χ1n) is 5.94. The second-order valence-electron chi connectivity index (χ2n) is 4.87. The summed E-state index contributed by atoms with van der Waals surface area (Å²) >= 11 is 0. The first kappa shape index (κ1) is 15.9. The second kappa shape index (κ2) is 6.00. The number of rotatable bonds is 5. The molecule has 1 atom stereocenters. The summed E-state index contributed by atoms with van der Waals surface area (Å²) in [5.74, 6) is -0.889. The van der Waals surface area contributed by atoms with Crippen molar-refractivity contribution in [3.8, 4) is 0 Å². The lowest BCUT2D eigenvalue weighted by Gasteiger charge is -2.32. The molecule has 17 heavy (non-hydrogen) atoms. The molecule has 0 aliphatic rings. The average molecular weight is 244 g/mol. The molecule has 0 saturated heterocycles. The van der Waals surface area contributed by atoms with Crippen LogP contribution in [0.1, 0.15) is 41.0 Å². The Kier molecular flexibility index (Phi) is 5.61. The lowest BCUT2D eigenvalue weighted by atomic mass is 9.94. The molecule has 0 aromatic heterocycles. The van der Waals surface area contributed by atoms with Gasteiger partial charge < -0.3 is 10.1 Å². The van der Waals surface area contributed by atoms with Gasteiger partial charge in [-0.2, -0.15) is 0 Å². The molecule has 5 heteroatoms. The van der Waals surface area contributed by atoms with E-state index in [1.165, 1.54) is 0 Å². The Hall–Kier alpha value is -1.10. The van der Waals surface area contributed by atoms with E-state index in [0.29, 0.717) is 13.0 Å². The maximum atomic E-state index is 12.1. The number of ether oxygens (including phenoxy) is 1. The molecule has 0 rings (SSSR count). The highest BCUT2D eigenvalue weighted by Crippen LogP contribution is 2.18. The van der Waals surface area contributed by atoms with Crippen LogP contribution in [0.15, 0.2) is 0 Å². The number of nitrogens with one attached hydrogen (secondary N) is 2. The van der Waals surface area contributed by atoms with Gasteiger partial charge in [0.15, 0.2) is 5.54 Å². The van der Waals surface area contributed by atoms with Crippen LogP contribution in [0.3, 0.4) is 0 Å². The van der Waals surface area contributed by atoms with Crippen LogP contribution in [0.4, 0.5) is 0 Å². The van der Waals surface area contributed by atoms with E-state index in [4.69, 9.17) is 4.74 Å². The van der Waals surface area contributed by atoms with Gasteiger partial charge in [0.1, 0.15) is 5.60 Å². The van der Waals surface area contributed by atoms with Crippen molar-refractivity contribution < 1.29 is 14.3 Å². The number of carbonyl (C=O) groups is 2. The van der Waals surface area contributed by atoms with Crippen LogP contribution in [0.5, 0.6) is 0 Å². The van der Waals surface area contributed by atoms with Crippen molar-refractivity contribution in [2.75, 3.05) is 13.6 Å². The minimum Gasteiger partial charge on any atom is -0.458 e. The number of amides is 1. The molecular weight excluding hydrogens is 220 g/mol. The van der Waals surface area contributed by atoms with Crippen molar-refractivity contribution in [1.29, 1.82) is 0 Å². The van der Waals surface area contributed by atoms with Gasteiger partial charge in [0.2, 0.25) is 0 Å². The maximum Gasteiger partial charge on any atom is 0.336 e. The van der Waals surface area contributed by atoms with Crippen molar-refractivity contribution in [2.24, 2.45) is 0 Å². The lowest BCUT2D eigenvalue weighted by molar-refractivity contribution is -0.166. The SMILES string of the molecule is CCNC(=O)C(CC)(NC)C(=O)OC(C)(C)C. The Balaban J connectivity index is 5.06. The zero-order valence-electron chi connectivity index (χ0n) is 11.6. The molecule has 0 saturated carbocycles. The molecule has 0 spiro atoms. The minimum atomic E-state index is -1.30. The van der Waals surface area contributed by atoms with E-state index in [0.717, 1.165) is 0 Å². The molecule has 1 amide bonds. The topological polar surface area (TPSA) is 67.4 Å². The van der Waals surface area contributed by atoms with Gasteiger partial charge in [-0.25, -0.2) is 4.79 Å². The summed E-state index contributed by atoms with van der Waals surface area (Å²) in [6, 6.07) is 0. The molecular formula is C12H24N2O3. The van der Waals surface area contributed by atoms with Crippen LogP contribution in [0.2, 0.25) is 0 Å². The summed E-state index contributed by atoms with van der Waals surface area (Å²) in [5.41, 5.74) is -1.91. The third-order valence-electron chi connectivity index (χ3n) is 2.43. The number of hydrogen-bond acceptors (Lipinski definition) is 4. The van der Waals surface area contributed by atoms with Gasteiger partial charge in [-0.3, -0.25) is 10.1 Å². The Morgan fingerprint density at radius 2 is 1.71 bits per heavy atom. The number of carbonyl (C=O) groups excluding carboxylic acids is 2. The molecule has 5 nitrogen and oxygen atoms in total. The molecule has 2 N–H and O–H groups in total. The molecule has 0 fully saturated rings. The van der Waals surface area contributed by atoms with E-state index in [-0.39, 0.29) is 5.91 Å². The standard InChI is InChI=1S/C12H24N2O3/c1-7-12(13-6,9(15)14-8-2)10(16)17-11(3,4)5/h13H,7-8H2,1-6H3,(H,14,15). The maximum absolute atomic E-state index is 12.1. The smallest absolute Gasteiger partial charge is 0.336 e. The molecule has 0 aliphatic carbocycles. The highest BCUT2D eigenvalue weighted by Gasteiger charge is 2.45. The van der Waals surface area contributed by atoms with Gasteiger partial charge in [-0.1, -0.05) is 6.92 Å². The zero-order chi connectivity index (χ0) is 13.7. The molecule has 0 aromatic carbocycles. The van der Waals surface area contributed by atoms with E-state index < -0.39 is 17.1 Å². The zero-order valence-corrected chi connectivity index (χ0v) is 11.6. The van der Waals surface area contributed by atoms with Gasteiger partial charge in [0, 0.05) is 6.54 Å². The van der Waals surface area contributed by atoms with Crippen molar-refractivity contribution in [1.82, 2.24) is 10.6 Å². The van der Waals surface area contributed by atoms with Crippen LogP contribution >= 0.6 is 0 Å². The quantitative estimate of drug-likeness (QED) is 0.555. The van der Waals surface area contributed by atoms with Crippen molar-refractivity contribution >= 4 is 11.9 Å².